The van der Waals surface area contributed by atoms with Crippen molar-refractivity contribution in [2.24, 2.45) is 0 Å². The van der Waals surface area contributed by atoms with Gasteiger partial charge in [-0.3, -0.25) is 0 Å². The highest BCUT2D eigenvalue weighted by atomic mass is 14.9. The summed E-state index contributed by atoms with van der Waals surface area (Å²) in [5, 5.41) is 6.57. The summed E-state index contributed by atoms with van der Waals surface area (Å²) in [6, 6.07) is 8.37. The molecule has 0 unspecified atom stereocenters. The second-order valence-electron chi connectivity index (χ2n) is 3.08. The van der Waals surface area contributed by atoms with Crippen LogP contribution in [0.1, 0.15) is 18.9 Å². The molecule has 13 heavy (non-hydrogen) atoms. The molecule has 0 saturated carbocycles. The molecule has 1 rings (SSSR count). The largest absolute Gasteiger partial charge is 0.388 e. The molecule has 0 aliphatic heterocycles. The number of para-hydroxylation sites is 1. The summed E-state index contributed by atoms with van der Waals surface area (Å²) in [7, 11) is 1.96. The fourth-order valence-corrected chi connectivity index (χ4v) is 1.32. The third-order valence-electron chi connectivity index (χ3n) is 2.03. The minimum atomic E-state index is 0.949. The Balaban J connectivity index is 2.54. The Bertz CT molecular complexity index is 246. The lowest BCUT2D eigenvalue weighted by molar-refractivity contribution is 0.676. The van der Waals surface area contributed by atoms with Crippen LogP contribution in [0.2, 0.25) is 0 Å². The number of hydrogen-bond donors (Lipinski definition) is 2. The topological polar surface area (TPSA) is 24.1 Å². The Hall–Kier alpha value is -1.02. The van der Waals surface area contributed by atoms with E-state index in [9.17, 15) is 0 Å². The van der Waals surface area contributed by atoms with E-state index >= 15 is 0 Å². The van der Waals surface area contributed by atoms with Gasteiger partial charge in [-0.2, -0.15) is 0 Å². The zero-order valence-electron chi connectivity index (χ0n) is 8.43. The SMILES string of the molecule is CCCNCc1ccccc1NC. The maximum absolute atomic E-state index is 3.39. The van der Waals surface area contributed by atoms with Gasteiger partial charge in [-0.15, -0.1) is 0 Å². The van der Waals surface area contributed by atoms with Gasteiger partial charge in [0.1, 0.15) is 0 Å². The summed E-state index contributed by atoms with van der Waals surface area (Å²) in [5.74, 6) is 0. The summed E-state index contributed by atoms with van der Waals surface area (Å²) < 4.78 is 0. The molecule has 2 heteroatoms. The first-order chi connectivity index (χ1) is 6.38. The van der Waals surface area contributed by atoms with E-state index in [0.29, 0.717) is 0 Å². The van der Waals surface area contributed by atoms with Gasteiger partial charge in [-0.05, 0) is 24.6 Å². The van der Waals surface area contributed by atoms with Crippen molar-refractivity contribution in [3.8, 4) is 0 Å². The molecule has 2 N–H and O–H groups in total. The molecule has 0 amide bonds. The van der Waals surface area contributed by atoms with Crippen LogP contribution in [0.4, 0.5) is 5.69 Å². The number of anilines is 1. The molecule has 0 spiro atoms. The van der Waals surface area contributed by atoms with Crippen molar-refractivity contribution >= 4 is 5.69 Å². The van der Waals surface area contributed by atoms with Crippen molar-refractivity contribution < 1.29 is 0 Å². The maximum Gasteiger partial charge on any atom is 0.0383 e. The molecule has 0 radical (unpaired) electrons. The molecule has 0 saturated heterocycles. The monoisotopic (exact) mass is 178 g/mol. The molecule has 0 fully saturated rings. The summed E-state index contributed by atoms with van der Waals surface area (Å²) in [4.78, 5) is 0. The van der Waals surface area contributed by atoms with Crippen LogP contribution in [0.25, 0.3) is 0 Å². The van der Waals surface area contributed by atoms with Gasteiger partial charge in [0.25, 0.3) is 0 Å². The zero-order valence-corrected chi connectivity index (χ0v) is 8.43. The molecule has 1 aromatic rings. The van der Waals surface area contributed by atoms with Gasteiger partial charge in [-0.25, -0.2) is 0 Å². The lowest BCUT2D eigenvalue weighted by Gasteiger charge is -2.08. The standard InChI is InChI=1S/C11H18N2/c1-3-8-13-9-10-6-4-5-7-11(10)12-2/h4-7,12-13H,3,8-9H2,1-2H3. The molecular formula is C11H18N2. The molecule has 0 heterocycles. The van der Waals surface area contributed by atoms with E-state index < -0.39 is 0 Å². The minimum absolute atomic E-state index is 0.949. The average molecular weight is 178 g/mol. The first-order valence-electron chi connectivity index (χ1n) is 4.85. The first kappa shape index (κ1) is 10.1. The molecule has 1 aromatic carbocycles. The third-order valence-corrected chi connectivity index (χ3v) is 2.03. The Kier molecular flexibility index (Phi) is 4.33. The van der Waals surface area contributed by atoms with Gasteiger partial charge in [0, 0.05) is 19.3 Å². The predicted molar refractivity (Wildman–Crippen MR) is 58.0 cm³/mol. The Morgan fingerprint density at radius 2 is 2.00 bits per heavy atom. The van der Waals surface area contributed by atoms with Crippen molar-refractivity contribution in [1.82, 2.24) is 5.32 Å². The Morgan fingerprint density at radius 3 is 2.69 bits per heavy atom. The number of nitrogens with one attached hydrogen (secondary N) is 2. The summed E-state index contributed by atoms with van der Waals surface area (Å²) in [6.45, 7) is 4.21. The molecule has 0 atom stereocenters. The van der Waals surface area contributed by atoms with Crippen molar-refractivity contribution in [3.05, 3.63) is 29.8 Å². The molecule has 0 aliphatic rings. The normalized spacial score (nSPS) is 10.0. The zero-order chi connectivity index (χ0) is 9.52. The van der Waals surface area contributed by atoms with Crippen LogP contribution >= 0.6 is 0 Å². The lowest BCUT2D eigenvalue weighted by atomic mass is 10.2. The van der Waals surface area contributed by atoms with Crippen molar-refractivity contribution in [2.45, 2.75) is 19.9 Å². The maximum atomic E-state index is 3.39. The summed E-state index contributed by atoms with van der Waals surface area (Å²) in [5.41, 5.74) is 2.55. The Morgan fingerprint density at radius 1 is 1.23 bits per heavy atom. The highest BCUT2D eigenvalue weighted by Crippen LogP contribution is 2.13. The van der Waals surface area contributed by atoms with Crippen molar-refractivity contribution in [2.75, 3.05) is 18.9 Å². The highest BCUT2D eigenvalue weighted by molar-refractivity contribution is 5.50. The van der Waals surface area contributed by atoms with E-state index in [1.54, 1.807) is 0 Å². The lowest BCUT2D eigenvalue weighted by Crippen LogP contribution is -2.14. The first-order valence-corrected chi connectivity index (χ1v) is 4.85. The predicted octanol–water partition coefficient (Wildman–Crippen LogP) is 2.23. The van der Waals surface area contributed by atoms with Crippen LogP contribution < -0.4 is 10.6 Å². The van der Waals surface area contributed by atoms with Gasteiger partial charge in [0.15, 0.2) is 0 Å². The molecule has 0 aliphatic carbocycles. The van der Waals surface area contributed by atoms with Crippen LogP contribution in [0.15, 0.2) is 24.3 Å². The van der Waals surface area contributed by atoms with Crippen LogP contribution in [0.3, 0.4) is 0 Å². The van der Waals surface area contributed by atoms with E-state index in [0.717, 1.165) is 13.1 Å². The van der Waals surface area contributed by atoms with E-state index in [2.05, 4.69) is 41.8 Å². The van der Waals surface area contributed by atoms with Crippen molar-refractivity contribution in [3.63, 3.8) is 0 Å². The molecular weight excluding hydrogens is 160 g/mol. The molecule has 72 valence electrons. The van der Waals surface area contributed by atoms with Gasteiger partial charge in [0.05, 0.1) is 0 Å². The molecule has 0 aromatic heterocycles. The fourth-order valence-electron chi connectivity index (χ4n) is 1.32. The van der Waals surface area contributed by atoms with E-state index in [1.165, 1.54) is 17.7 Å². The number of hydrogen-bond acceptors (Lipinski definition) is 2. The van der Waals surface area contributed by atoms with E-state index in [-0.39, 0.29) is 0 Å². The Labute approximate surface area is 80.4 Å². The second-order valence-corrected chi connectivity index (χ2v) is 3.08. The quantitative estimate of drug-likeness (QED) is 0.676. The van der Waals surface area contributed by atoms with E-state index in [4.69, 9.17) is 0 Å². The van der Waals surface area contributed by atoms with Gasteiger partial charge in [-0.1, -0.05) is 25.1 Å². The van der Waals surface area contributed by atoms with Gasteiger partial charge >= 0.3 is 0 Å². The average Bonchev–Trinajstić information content (AvgIpc) is 2.19. The summed E-state index contributed by atoms with van der Waals surface area (Å²) in [6.07, 6.45) is 1.18. The smallest absolute Gasteiger partial charge is 0.0383 e. The van der Waals surface area contributed by atoms with Crippen molar-refractivity contribution in [1.29, 1.82) is 0 Å². The highest BCUT2D eigenvalue weighted by Gasteiger charge is 1.97. The number of benzene rings is 1. The van der Waals surface area contributed by atoms with Crippen LogP contribution in [0.5, 0.6) is 0 Å². The van der Waals surface area contributed by atoms with Crippen LogP contribution in [0, 0.1) is 0 Å². The van der Waals surface area contributed by atoms with Gasteiger partial charge in [0.2, 0.25) is 0 Å². The van der Waals surface area contributed by atoms with Gasteiger partial charge < -0.3 is 10.6 Å². The van der Waals surface area contributed by atoms with Crippen LogP contribution in [-0.2, 0) is 6.54 Å². The number of rotatable bonds is 5. The fraction of sp³-hybridized carbons (Fsp3) is 0.455. The molecule has 0 bridgehead atoms. The van der Waals surface area contributed by atoms with Crippen LogP contribution in [-0.4, -0.2) is 13.6 Å². The third kappa shape index (κ3) is 3.07. The second kappa shape index (κ2) is 5.60. The summed E-state index contributed by atoms with van der Waals surface area (Å²) >= 11 is 0. The molecule has 2 nitrogen and oxygen atoms in total. The van der Waals surface area contributed by atoms with E-state index in [1.807, 2.05) is 7.05 Å². The minimum Gasteiger partial charge on any atom is -0.388 e.